The number of ether oxygens (including phenoxy) is 1. The van der Waals surface area contributed by atoms with E-state index < -0.39 is 0 Å². The van der Waals surface area contributed by atoms with E-state index >= 15 is 0 Å². The van der Waals surface area contributed by atoms with E-state index in [9.17, 15) is 5.11 Å². The van der Waals surface area contributed by atoms with Crippen LogP contribution in [0.15, 0.2) is 0 Å². The summed E-state index contributed by atoms with van der Waals surface area (Å²) in [5.74, 6) is 0.422. The van der Waals surface area contributed by atoms with Gasteiger partial charge in [-0.2, -0.15) is 0 Å². The quantitative estimate of drug-likeness (QED) is 0.779. The maximum absolute atomic E-state index is 10.2. The molecule has 0 spiro atoms. The Balaban J connectivity index is 1.79. The van der Waals surface area contributed by atoms with Crippen LogP contribution in [0.4, 0.5) is 0 Å². The summed E-state index contributed by atoms with van der Waals surface area (Å²) in [4.78, 5) is 0. The van der Waals surface area contributed by atoms with Crippen LogP contribution in [0.1, 0.15) is 52.9 Å². The lowest BCUT2D eigenvalue weighted by molar-refractivity contribution is 0.0335. The van der Waals surface area contributed by atoms with Crippen molar-refractivity contribution in [2.45, 2.75) is 71.2 Å². The van der Waals surface area contributed by atoms with Gasteiger partial charge in [0.15, 0.2) is 0 Å². The van der Waals surface area contributed by atoms with E-state index in [-0.39, 0.29) is 6.10 Å². The largest absolute Gasteiger partial charge is 0.393 e. The minimum absolute atomic E-state index is 0.139. The molecule has 1 N–H and O–H groups in total. The molecule has 2 saturated heterocycles. The molecule has 4 atom stereocenters. The molecule has 2 nitrogen and oxygen atoms in total. The summed E-state index contributed by atoms with van der Waals surface area (Å²) in [6.45, 7) is 6.70. The van der Waals surface area contributed by atoms with Crippen LogP contribution in [0.5, 0.6) is 0 Å². The summed E-state index contributed by atoms with van der Waals surface area (Å²) in [5, 5.41) is 10.2. The Labute approximate surface area is 93.0 Å². The third-order valence-corrected chi connectivity index (χ3v) is 3.84. The van der Waals surface area contributed by atoms with Gasteiger partial charge in [0.05, 0.1) is 18.3 Å². The van der Waals surface area contributed by atoms with E-state index in [2.05, 4.69) is 20.8 Å². The van der Waals surface area contributed by atoms with E-state index in [1.165, 1.54) is 12.8 Å². The van der Waals surface area contributed by atoms with Crippen molar-refractivity contribution in [3.05, 3.63) is 0 Å². The second kappa shape index (κ2) is 4.06. The molecule has 2 bridgehead atoms. The van der Waals surface area contributed by atoms with Crippen LogP contribution < -0.4 is 0 Å². The minimum Gasteiger partial charge on any atom is -0.393 e. The van der Waals surface area contributed by atoms with Crippen LogP contribution >= 0.6 is 0 Å². The van der Waals surface area contributed by atoms with E-state index in [1.54, 1.807) is 0 Å². The van der Waals surface area contributed by atoms with Gasteiger partial charge in [0.1, 0.15) is 0 Å². The molecule has 2 heterocycles. The van der Waals surface area contributed by atoms with Crippen molar-refractivity contribution in [2.75, 3.05) is 0 Å². The maximum Gasteiger partial charge on any atom is 0.0633 e. The van der Waals surface area contributed by atoms with Gasteiger partial charge in [-0.05, 0) is 37.5 Å². The van der Waals surface area contributed by atoms with Crippen molar-refractivity contribution in [1.82, 2.24) is 0 Å². The van der Waals surface area contributed by atoms with Gasteiger partial charge in [0, 0.05) is 5.92 Å². The summed E-state index contributed by atoms with van der Waals surface area (Å²) < 4.78 is 5.78. The maximum atomic E-state index is 10.2. The molecule has 0 radical (unpaired) electrons. The molecule has 88 valence electrons. The highest BCUT2D eigenvalue weighted by Gasteiger charge is 2.43. The summed E-state index contributed by atoms with van der Waals surface area (Å²) in [6.07, 6.45) is 6.20. The zero-order chi connectivity index (χ0) is 11.1. The molecule has 0 aromatic heterocycles. The van der Waals surface area contributed by atoms with Crippen molar-refractivity contribution in [1.29, 1.82) is 0 Å². The molecule has 2 heteroatoms. The van der Waals surface area contributed by atoms with Crippen LogP contribution in [0, 0.1) is 11.3 Å². The van der Waals surface area contributed by atoms with Gasteiger partial charge in [-0.3, -0.25) is 0 Å². The monoisotopic (exact) mass is 212 g/mol. The smallest absolute Gasteiger partial charge is 0.0633 e. The average molecular weight is 212 g/mol. The highest BCUT2D eigenvalue weighted by Crippen LogP contribution is 2.41. The predicted octanol–water partition coefficient (Wildman–Crippen LogP) is 2.74. The first-order valence-electron chi connectivity index (χ1n) is 6.29. The Morgan fingerprint density at radius 2 is 2.07 bits per heavy atom. The molecule has 2 aliphatic heterocycles. The molecule has 2 fully saturated rings. The van der Waals surface area contributed by atoms with Crippen molar-refractivity contribution in [2.24, 2.45) is 11.3 Å². The fraction of sp³-hybridized carbons (Fsp3) is 1.00. The van der Waals surface area contributed by atoms with Gasteiger partial charge >= 0.3 is 0 Å². The number of hydrogen-bond donors (Lipinski definition) is 1. The number of hydrogen-bond acceptors (Lipinski definition) is 2. The highest BCUT2D eigenvalue weighted by molar-refractivity contribution is 4.92. The Bertz CT molecular complexity index is 219. The highest BCUT2D eigenvalue weighted by atomic mass is 16.5. The van der Waals surface area contributed by atoms with Gasteiger partial charge in [0.25, 0.3) is 0 Å². The lowest BCUT2D eigenvalue weighted by Crippen LogP contribution is -2.30. The second-order valence-corrected chi connectivity index (χ2v) is 6.44. The molecular weight excluding hydrogens is 188 g/mol. The third kappa shape index (κ3) is 2.73. The predicted molar refractivity (Wildman–Crippen MR) is 60.7 cm³/mol. The topological polar surface area (TPSA) is 29.5 Å². The van der Waals surface area contributed by atoms with Gasteiger partial charge in [-0.25, -0.2) is 0 Å². The molecule has 0 aromatic rings. The molecule has 15 heavy (non-hydrogen) atoms. The first-order valence-corrected chi connectivity index (χ1v) is 6.29. The van der Waals surface area contributed by atoms with Crippen molar-refractivity contribution in [3.8, 4) is 0 Å². The second-order valence-electron chi connectivity index (χ2n) is 6.44. The van der Waals surface area contributed by atoms with E-state index in [1.807, 2.05) is 0 Å². The summed E-state index contributed by atoms with van der Waals surface area (Å²) in [5.41, 5.74) is 0.333. The Kier molecular flexibility index (Phi) is 3.09. The zero-order valence-corrected chi connectivity index (χ0v) is 10.2. The lowest BCUT2D eigenvalue weighted by atomic mass is 9.81. The lowest BCUT2D eigenvalue weighted by Gasteiger charge is -2.27. The molecule has 0 amide bonds. The van der Waals surface area contributed by atoms with Crippen LogP contribution in [0.3, 0.4) is 0 Å². The fourth-order valence-electron chi connectivity index (χ4n) is 2.88. The van der Waals surface area contributed by atoms with Crippen molar-refractivity contribution in [3.63, 3.8) is 0 Å². The summed E-state index contributed by atoms with van der Waals surface area (Å²) >= 11 is 0. The van der Waals surface area contributed by atoms with Crippen molar-refractivity contribution >= 4 is 0 Å². The third-order valence-electron chi connectivity index (χ3n) is 3.84. The molecule has 2 rings (SSSR count). The normalized spacial score (nSPS) is 37.2. The van der Waals surface area contributed by atoms with E-state index in [4.69, 9.17) is 4.74 Å². The summed E-state index contributed by atoms with van der Waals surface area (Å²) in [7, 11) is 0. The molecule has 2 aliphatic rings. The number of aliphatic hydroxyl groups excluding tert-OH is 1. The molecule has 0 aliphatic carbocycles. The van der Waals surface area contributed by atoms with Crippen LogP contribution in [0.25, 0.3) is 0 Å². The van der Waals surface area contributed by atoms with E-state index in [0.29, 0.717) is 23.5 Å². The van der Waals surface area contributed by atoms with Crippen molar-refractivity contribution < 1.29 is 9.84 Å². The molecular formula is C13H24O2. The average Bonchev–Trinajstić information content (AvgIpc) is 2.73. The van der Waals surface area contributed by atoms with E-state index in [0.717, 1.165) is 19.3 Å². The first-order chi connectivity index (χ1) is 6.96. The Hall–Kier alpha value is -0.0800. The van der Waals surface area contributed by atoms with Gasteiger partial charge in [-0.15, -0.1) is 0 Å². The molecule has 0 saturated carbocycles. The van der Waals surface area contributed by atoms with Crippen LogP contribution in [0.2, 0.25) is 0 Å². The van der Waals surface area contributed by atoms with Crippen LogP contribution in [-0.2, 0) is 4.74 Å². The first kappa shape index (κ1) is 11.4. The van der Waals surface area contributed by atoms with Gasteiger partial charge in [-0.1, -0.05) is 20.8 Å². The number of fused-ring (bicyclic) bond motifs is 2. The molecule has 0 aromatic carbocycles. The van der Waals surface area contributed by atoms with Gasteiger partial charge < -0.3 is 9.84 Å². The Morgan fingerprint density at radius 1 is 1.33 bits per heavy atom. The minimum atomic E-state index is -0.139. The number of rotatable bonds is 3. The summed E-state index contributed by atoms with van der Waals surface area (Å²) in [6, 6.07) is 0. The number of aliphatic hydroxyl groups is 1. The Morgan fingerprint density at radius 3 is 2.53 bits per heavy atom. The standard InChI is InChI=1S/C13H24O2/c1-13(2,3)7-6-11(14)10-8-9-4-5-12(10)15-9/h9-12,14H,4-8H2,1-3H3. The van der Waals surface area contributed by atoms with Gasteiger partial charge in [0.2, 0.25) is 0 Å². The molecule has 4 unspecified atom stereocenters. The zero-order valence-electron chi connectivity index (χ0n) is 10.2. The van der Waals surface area contributed by atoms with Crippen LogP contribution in [-0.4, -0.2) is 23.4 Å². The fourth-order valence-corrected chi connectivity index (χ4v) is 2.88. The SMILES string of the molecule is CC(C)(C)CCC(O)C1CC2CCC1O2.